The van der Waals surface area contributed by atoms with Crippen LogP contribution in [0.2, 0.25) is 0 Å². The molecule has 1 atom stereocenters. The number of nitrogens with one attached hydrogen (secondary N) is 1. The lowest BCUT2D eigenvalue weighted by molar-refractivity contribution is -0.118. The number of carbonyl (C=O) groups is 2. The van der Waals surface area contributed by atoms with Gasteiger partial charge in [0, 0.05) is 36.1 Å². The van der Waals surface area contributed by atoms with Crippen LogP contribution in [0.5, 0.6) is 5.75 Å². The van der Waals surface area contributed by atoms with Crippen LogP contribution in [0.3, 0.4) is 0 Å². The second-order valence-corrected chi connectivity index (χ2v) is 10.2. The van der Waals surface area contributed by atoms with E-state index in [2.05, 4.69) is 16.5 Å². The Balaban J connectivity index is 1.32. The van der Waals surface area contributed by atoms with Crippen molar-refractivity contribution >= 4 is 23.2 Å². The number of fused-ring (bicyclic) bond motifs is 1. The van der Waals surface area contributed by atoms with Crippen molar-refractivity contribution < 1.29 is 19.1 Å². The first-order chi connectivity index (χ1) is 17.4. The minimum atomic E-state index is -0.465. The van der Waals surface area contributed by atoms with Crippen molar-refractivity contribution in [3.63, 3.8) is 0 Å². The summed E-state index contributed by atoms with van der Waals surface area (Å²) in [7, 11) is 3.46. The number of aryl methyl sites for hydroxylation is 3. The van der Waals surface area contributed by atoms with Gasteiger partial charge in [-0.05, 0) is 55.5 Å². The molecular weight excluding hydrogens is 476 g/mol. The number of amides is 1. The van der Waals surface area contributed by atoms with E-state index in [0.717, 1.165) is 38.0 Å². The fraction of sp³-hybridized carbons (Fsp3) is 0.407. The summed E-state index contributed by atoms with van der Waals surface area (Å²) in [6, 6.07) is 11.9. The topological polar surface area (TPSA) is 106 Å². The predicted octanol–water partition coefficient (Wildman–Crippen LogP) is 4.20. The molecule has 1 aliphatic carbocycles. The zero-order chi connectivity index (χ0) is 25.7. The lowest BCUT2D eigenvalue weighted by Gasteiger charge is -2.22. The van der Waals surface area contributed by atoms with E-state index in [1.165, 1.54) is 11.3 Å². The van der Waals surface area contributed by atoms with Gasteiger partial charge in [-0.1, -0.05) is 12.1 Å². The van der Waals surface area contributed by atoms with Gasteiger partial charge in [-0.25, -0.2) is 4.79 Å². The molecule has 0 saturated heterocycles. The van der Waals surface area contributed by atoms with Crippen LogP contribution >= 0.6 is 11.3 Å². The van der Waals surface area contributed by atoms with Crippen LogP contribution in [0.25, 0.3) is 0 Å². The third kappa shape index (κ3) is 6.13. The van der Waals surface area contributed by atoms with E-state index in [-0.39, 0.29) is 18.3 Å². The number of carbonyl (C=O) groups excluding carboxylic acids is 2. The molecule has 36 heavy (non-hydrogen) atoms. The number of Topliss-reactive ketones (excluding diaryl/α,β-unsaturated/α-hetero) is 1. The Hall–Kier alpha value is -3.64. The van der Waals surface area contributed by atoms with Crippen LogP contribution in [0, 0.1) is 18.3 Å². The summed E-state index contributed by atoms with van der Waals surface area (Å²) in [6.45, 7) is 2.24. The van der Waals surface area contributed by atoms with E-state index < -0.39 is 6.09 Å². The molecule has 2 aromatic heterocycles. The van der Waals surface area contributed by atoms with Crippen molar-refractivity contribution in [3.05, 3.63) is 68.2 Å². The number of ketones is 1. The maximum absolute atomic E-state index is 12.7. The highest BCUT2D eigenvalue weighted by molar-refractivity contribution is 7.12. The molecule has 0 saturated carbocycles. The Kier molecular flexibility index (Phi) is 8.06. The molecule has 0 bridgehead atoms. The number of rotatable bonds is 9. The van der Waals surface area contributed by atoms with Gasteiger partial charge in [-0.2, -0.15) is 10.4 Å². The molecule has 0 radical (unpaired) electrons. The molecule has 3 aromatic rings. The van der Waals surface area contributed by atoms with Crippen LogP contribution in [0.4, 0.5) is 4.79 Å². The van der Waals surface area contributed by atoms with E-state index in [0.29, 0.717) is 44.2 Å². The summed E-state index contributed by atoms with van der Waals surface area (Å²) in [4.78, 5) is 26.9. The molecule has 1 N–H and O–H groups in total. The first kappa shape index (κ1) is 25.5. The fourth-order valence-electron chi connectivity index (χ4n) is 4.53. The van der Waals surface area contributed by atoms with Crippen molar-refractivity contribution in [2.45, 2.75) is 58.1 Å². The average molecular weight is 507 g/mol. The number of ether oxygens (including phenoxy) is 2. The monoisotopic (exact) mass is 506 g/mol. The normalized spacial score (nSPS) is 14.6. The summed E-state index contributed by atoms with van der Waals surface area (Å²) >= 11 is 1.50. The van der Waals surface area contributed by atoms with Crippen LogP contribution in [-0.4, -0.2) is 34.9 Å². The summed E-state index contributed by atoms with van der Waals surface area (Å²) in [5, 5.41) is 16.8. The Morgan fingerprint density at radius 3 is 2.89 bits per heavy atom. The van der Waals surface area contributed by atoms with E-state index in [9.17, 15) is 14.9 Å². The van der Waals surface area contributed by atoms with Gasteiger partial charge in [0.1, 0.15) is 23.7 Å². The summed E-state index contributed by atoms with van der Waals surface area (Å²) in [6.07, 6.45) is 2.44. The van der Waals surface area contributed by atoms with Gasteiger partial charge in [-0.15, -0.1) is 11.3 Å². The van der Waals surface area contributed by atoms with Gasteiger partial charge in [-0.3, -0.25) is 9.48 Å². The summed E-state index contributed by atoms with van der Waals surface area (Å²) < 4.78 is 12.6. The molecule has 0 spiro atoms. The minimum absolute atomic E-state index is 0.102. The van der Waals surface area contributed by atoms with Gasteiger partial charge in [0.25, 0.3) is 0 Å². The van der Waals surface area contributed by atoms with Crippen LogP contribution in [-0.2, 0) is 48.8 Å². The third-order valence-electron chi connectivity index (χ3n) is 6.38. The lowest BCUT2D eigenvalue weighted by Crippen LogP contribution is -2.32. The van der Waals surface area contributed by atoms with Gasteiger partial charge >= 0.3 is 6.09 Å². The zero-order valence-corrected chi connectivity index (χ0v) is 21.6. The number of nitriles is 1. The number of benzene rings is 1. The van der Waals surface area contributed by atoms with E-state index in [1.54, 1.807) is 11.8 Å². The molecular formula is C27H30N4O4S. The Morgan fingerprint density at radius 1 is 1.33 bits per heavy atom. The molecule has 188 valence electrons. The fourth-order valence-corrected chi connectivity index (χ4v) is 5.93. The van der Waals surface area contributed by atoms with E-state index >= 15 is 0 Å². The van der Waals surface area contributed by atoms with Crippen molar-refractivity contribution in [2.24, 2.45) is 7.05 Å². The maximum Gasteiger partial charge on any atom is 0.407 e. The predicted molar refractivity (Wildman–Crippen MR) is 136 cm³/mol. The number of aromatic nitrogens is 2. The third-order valence-corrected chi connectivity index (χ3v) is 7.63. The summed E-state index contributed by atoms with van der Waals surface area (Å²) in [5.41, 5.74) is 4.46. The molecule has 0 fully saturated rings. The quantitative estimate of drug-likeness (QED) is 0.466. The van der Waals surface area contributed by atoms with Gasteiger partial charge in [0.2, 0.25) is 0 Å². The standard InChI is InChI=1S/C27H30N4O4S/c1-17-11-19(31(2)30-17)16-29-27(33)35-22-9-10-23-24(15-28)25(36-26(23)14-22)13-20(32)8-7-18-5-4-6-21(12-18)34-3/h4-6,11-12,22H,7-10,13-14,16H2,1-3H3,(H,29,33). The highest BCUT2D eigenvalue weighted by Crippen LogP contribution is 2.35. The van der Waals surface area contributed by atoms with Gasteiger partial charge in [0.15, 0.2) is 0 Å². The molecule has 2 heterocycles. The van der Waals surface area contributed by atoms with E-state index in [1.807, 2.05) is 44.3 Å². The molecule has 1 amide bonds. The van der Waals surface area contributed by atoms with Crippen molar-refractivity contribution in [1.29, 1.82) is 5.26 Å². The van der Waals surface area contributed by atoms with Crippen molar-refractivity contribution in [1.82, 2.24) is 15.1 Å². The number of hydrogen-bond acceptors (Lipinski definition) is 7. The smallest absolute Gasteiger partial charge is 0.407 e. The Labute approximate surface area is 214 Å². The van der Waals surface area contributed by atoms with Gasteiger partial charge < -0.3 is 14.8 Å². The molecule has 1 aromatic carbocycles. The highest BCUT2D eigenvalue weighted by Gasteiger charge is 2.28. The first-order valence-electron chi connectivity index (χ1n) is 12.0. The SMILES string of the molecule is COc1cccc(CCC(=O)Cc2sc3c(c2C#N)CCC(OC(=O)NCc2cc(C)nn2C)C3)c1. The molecule has 8 nitrogen and oxygen atoms in total. The second-order valence-electron chi connectivity index (χ2n) is 9.01. The van der Waals surface area contributed by atoms with Gasteiger partial charge in [0.05, 0.1) is 30.6 Å². The van der Waals surface area contributed by atoms with Crippen molar-refractivity contribution in [2.75, 3.05) is 7.11 Å². The molecule has 9 heteroatoms. The summed E-state index contributed by atoms with van der Waals surface area (Å²) in [5.74, 6) is 0.876. The van der Waals surface area contributed by atoms with Crippen LogP contribution in [0.15, 0.2) is 30.3 Å². The zero-order valence-electron chi connectivity index (χ0n) is 20.8. The van der Waals surface area contributed by atoms with E-state index in [4.69, 9.17) is 9.47 Å². The highest BCUT2D eigenvalue weighted by atomic mass is 32.1. The molecule has 0 aliphatic heterocycles. The van der Waals surface area contributed by atoms with Crippen molar-refractivity contribution in [3.8, 4) is 11.8 Å². The second kappa shape index (κ2) is 11.4. The lowest BCUT2D eigenvalue weighted by atomic mass is 9.92. The number of methoxy groups -OCH3 is 1. The number of alkyl carbamates (subject to hydrolysis) is 1. The van der Waals surface area contributed by atoms with Crippen LogP contribution < -0.4 is 10.1 Å². The largest absolute Gasteiger partial charge is 0.497 e. The number of nitrogens with zero attached hydrogens (tertiary/aromatic N) is 3. The maximum atomic E-state index is 12.7. The number of hydrogen-bond donors (Lipinski definition) is 1. The number of thiophene rings is 1. The van der Waals surface area contributed by atoms with Crippen LogP contribution in [0.1, 0.15) is 50.7 Å². The minimum Gasteiger partial charge on any atom is -0.497 e. The molecule has 1 unspecified atom stereocenters. The molecule has 4 rings (SSSR count). The first-order valence-corrected chi connectivity index (χ1v) is 12.8. The Bertz CT molecular complexity index is 1300. The average Bonchev–Trinajstić information content (AvgIpc) is 3.38. The molecule has 1 aliphatic rings. The Morgan fingerprint density at radius 2 is 2.17 bits per heavy atom.